The Balaban J connectivity index is 2.48. The molecule has 1 unspecified atom stereocenters. The first-order chi connectivity index (χ1) is 10.1. The Bertz CT molecular complexity index is 637. The summed E-state index contributed by atoms with van der Waals surface area (Å²) in [4.78, 5) is 17.0. The molecule has 114 valence electrons. The Hall–Kier alpha value is -1.93. The van der Waals surface area contributed by atoms with E-state index in [1.165, 1.54) is 0 Å². The highest BCUT2D eigenvalue weighted by Crippen LogP contribution is 2.26. The predicted octanol–water partition coefficient (Wildman–Crippen LogP) is 1.34. The number of anilines is 3. The van der Waals surface area contributed by atoms with E-state index in [1.807, 2.05) is 6.92 Å². The summed E-state index contributed by atoms with van der Waals surface area (Å²) in [6.45, 7) is 2.27. The number of halogens is 1. The van der Waals surface area contributed by atoms with Gasteiger partial charge in [0, 0.05) is 20.6 Å². The third-order valence-corrected chi connectivity index (χ3v) is 3.13. The first kappa shape index (κ1) is 15.5. The molecule has 2 aromatic rings. The van der Waals surface area contributed by atoms with Crippen LogP contribution in [0.2, 0.25) is 5.28 Å². The van der Waals surface area contributed by atoms with E-state index in [0.29, 0.717) is 41.6 Å². The standard InChI is InChI=1S/C12H18ClN7O/c1-4-6(21)5-16-12-18-8-7(10(15-3)20-12)17-11(13)19-9(8)14-2/h6,21H,4-5H2,1-3H3,(H,14,17,19)(H2,15,16,18,20). The van der Waals surface area contributed by atoms with Gasteiger partial charge in [0.15, 0.2) is 11.6 Å². The van der Waals surface area contributed by atoms with Crippen LogP contribution in [0.15, 0.2) is 0 Å². The lowest BCUT2D eigenvalue weighted by atomic mass is 10.3. The highest BCUT2D eigenvalue weighted by molar-refractivity contribution is 6.29. The molecule has 2 rings (SSSR count). The van der Waals surface area contributed by atoms with Crippen LogP contribution in [0.3, 0.4) is 0 Å². The first-order valence-corrected chi connectivity index (χ1v) is 6.99. The number of hydrogen-bond donors (Lipinski definition) is 4. The van der Waals surface area contributed by atoms with E-state index < -0.39 is 6.10 Å². The van der Waals surface area contributed by atoms with Crippen molar-refractivity contribution in [2.45, 2.75) is 19.4 Å². The average Bonchev–Trinajstić information content (AvgIpc) is 2.51. The Labute approximate surface area is 127 Å². The van der Waals surface area contributed by atoms with Crippen molar-refractivity contribution in [3.05, 3.63) is 5.28 Å². The van der Waals surface area contributed by atoms with Crippen LogP contribution in [0.4, 0.5) is 17.6 Å². The molecule has 0 saturated carbocycles. The largest absolute Gasteiger partial charge is 0.391 e. The number of aliphatic hydroxyl groups excluding tert-OH is 1. The Morgan fingerprint density at radius 2 is 1.67 bits per heavy atom. The van der Waals surface area contributed by atoms with Crippen molar-refractivity contribution in [1.29, 1.82) is 0 Å². The van der Waals surface area contributed by atoms with Crippen LogP contribution in [-0.2, 0) is 0 Å². The van der Waals surface area contributed by atoms with Gasteiger partial charge in [-0.2, -0.15) is 9.97 Å². The number of rotatable bonds is 6. The number of aromatic nitrogens is 4. The van der Waals surface area contributed by atoms with Gasteiger partial charge in [0.1, 0.15) is 11.0 Å². The van der Waals surface area contributed by atoms with Gasteiger partial charge in [-0.15, -0.1) is 0 Å². The maximum Gasteiger partial charge on any atom is 0.225 e. The molecule has 8 nitrogen and oxygen atoms in total. The van der Waals surface area contributed by atoms with Gasteiger partial charge in [0.05, 0.1) is 6.10 Å². The van der Waals surface area contributed by atoms with Crippen LogP contribution in [0.1, 0.15) is 13.3 Å². The maximum absolute atomic E-state index is 9.61. The summed E-state index contributed by atoms with van der Waals surface area (Å²) in [6.07, 6.45) is 0.201. The van der Waals surface area contributed by atoms with E-state index in [2.05, 4.69) is 35.9 Å². The van der Waals surface area contributed by atoms with Gasteiger partial charge in [-0.25, -0.2) is 9.97 Å². The van der Waals surface area contributed by atoms with Crippen LogP contribution in [0.5, 0.6) is 0 Å². The second-order valence-electron chi connectivity index (χ2n) is 4.38. The van der Waals surface area contributed by atoms with Gasteiger partial charge in [0.2, 0.25) is 11.2 Å². The molecular formula is C12H18ClN7O. The molecule has 0 fully saturated rings. The number of aliphatic hydroxyl groups is 1. The number of hydrogen-bond acceptors (Lipinski definition) is 8. The topological polar surface area (TPSA) is 108 Å². The minimum atomic E-state index is -0.451. The van der Waals surface area contributed by atoms with Gasteiger partial charge < -0.3 is 21.1 Å². The van der Waals surface area contributed by atoms with Crippen molar-refractivity contribution >= 4 is 40.2 Å². The normalized spacial score (nSPS) is 12.2. The molecule has 0 aliphatic rings. The molecule has 9 heteroatoms. The van der Waals surface area contributed by atoms with Gasteiger partial charge in [-0.3, -0.25) is 0 Å². The van der Waals surface area contributed by atoms with E-state index in [-0.39, 0.29) is 5.28 Å². The van der Waals surface area contributed by atoms with Gasteiger partial charge in [-0.1, -0.05) is 6.92 Å². The zero-order chi connectivity index (χ0) is 15.4. The quantitative estimate of drug-likeness (QED) is 0.592. The lowest BCUT2D eigenvalue weighted by Crippen LogP contribution is -2.20. The Morgan fingerprint density at radius 3 is 2.29 bits per heavy atom. The number of nitrogens with zero attached hydrogens (tertiary/aromatic N) is 4. The molecule has 0 spiro atoms. The molecule has 2 heterocycles. The van der Waals surface area contributed by atoms with Gasteiger partial charge in [-0.05, 0) is 18.0 Å². The van der Waals surface area contributed by atoms with Crippen LogP contribution >= 0.6 is 11.6 Å². The SMILES string of the molecule is CCC(O)CNc1nc(NC)c2nc(Cl)nc(NC)c2n1. The Morgan fingerprint density at radius 1 is 1.05 bits per heavy atom. The van der Waals surface area contributed by atoms with E-state index >= 15 is 0 Å². The fraction of sp³-hybridized carbons (Fsp3) is 0.500. The Kier molecular flexibility index (Phi) is 4.92. The maximum atomic E-state index is 9.61. The first-order valence-electron chi connectivity index (χ1n) is 6.61. The van der Waals surface area contributed by atoms with Crippen molar-refractivity contribution < 1.29 is 5.11 Å². The molecule has 0 aliphatic heterocycles. The predicted molar refractivity (Wildman–Crippen MR) is 84.0 cm³/mol. The van der Waals surface area contributed by atoms with Crippen molar-refractivity contribution in [1.82, 2.24) is 19.9 Å². The summed E-state index contributed by atoms with van der Waals surface area (Å²) in [5.41, 5.74) is 1.08. The van der Waals surface area contributed by atoms with E-state index in [1.54, 1.807) is 14.1 Å². The summed E-state index contributed by atoms with van der Waals surface area (Å²) >= 11 is 5.90. The molecular weight excluding hydrogens is 294 g/mol. The summed E-state index contributed by atoms with van der Waals surface area (Å²) in [7, 11) is 3.47. The molecule has 4 N–H and O–H groups in total. The molecule has 2 aromatic heterocycles. The molecule has 0 radical (unpaired) electrons. The number of nitrogens with one attached hydrogen (secondary N) is 3. The van der Waals surface area contributed by atoms with Gasteiger partial charge >= 0.3 is 0 Å². The fourth-order valence-electron chi connectivity index (χ4n) is 1.77. The van der Waals surface area contributed by atoms with Crippen molar-refractivity contribution in [3.63, 3.8) is 0 Å². The third-order valence-electron chi connectivity index (χ3n) is 2.96. The van der Waals surface area contributed by atoms with E-state index in [0.717, 1.165) is 0 Å². The van der Waals surface area contributed by atoms with Crippen LogP contribution in [0.25, 0.3) is 11.0 Å². The molecule has 0 saturated heterocycles. The van der Waals surface area contributed by atoms with Crippen LogP contribution in [0, 0.1) is 0 Å². The molecule has 21 heavy (non-hydrogen) atoms. The lowest BCUT2D eigenvalue weighted by Gasteiger charge is -2.13. The summed E-state index contributed by atoms with van der Waals surface area (Å²) in [6, 6.07) is 0. The number of fused-ring (bicyclic) bond motifs is 1. The zero-order valence-corrected chi connectivity index (χ0v) is 12.9. The summed E-state index contributed by atoms with van der Waals surface area (Å²) < 4.78 is 0. The molecule has 1 atom stereocenters. The highest BCUT2D eigenvalue weighted by Gasteiger charge is 2.14. The van der Waals surface area contributed by atoms with Gasteiger partial charge in [0.25, 0.3) is 0 Å². The van der Waals surface area contributed by atoms with Crippen molar-refractivity contribution in [2.24, 2.45) is 0 Å². The van der Waals surface area contributed by atoms with E-state index in [9.17, 15) is 5.11 Å². The smallest absolute Gasteiger partial charge is 0.225 e. The monoisotopic (exact) mass is 311 g/mol. The highest BCUT2D eigenvalue weighted by atomic mass is 35.5. The molecule has 0 aliphatic carbocycles. The molecule has 0 bridgehead atoms. The second kappa shape index (κ2) is 6.68. The minimum Gasteiger partial charge on any atom is -0.391 e. The van der Waals surface area contributed by atoms with Crippen LogP contribution in [-0.4, -0.2) is 51.8 Å². The summed E-state index contributed by atoms with van der Waals surface area (Å²) in [5, 5.41) is 18.6. The molecule has 0 aromatic carbocycles. The van der Waals surface area contributed by atoms with Crippen molar-refractivity contribution in [3.8, 4) is 0 Å². The van der Waals surface area contributed by atoms with Crippen molar-refractivity contribution in [2.75, 3.05) is 36.6 Å². The third kappa shape index (κ3) is 3.40. The fourth-order valence-corrected chi connectivity index (χ4v) is 1.94. The minimum absolute atomic E-state index is 0.120. The lowest BCUT2D eigenvalue weighted by molar-refractivity contribution is 0.183. The average molecular weight is 312 g/mol. The zero-order valence-electron chi connectivity index (χ0n) is 12.1. The van der Waals surface area contributed by atoms with Crippen LogP contribution < -0.4 is 16.0 Å². The molecule has 0 amide bonds. The second-order valence-corrected chi connectivity index (χ2v) is 4.72. The summed E-state index contributed by atoms with van der Waals surface area (Å²) in [5.74, 6) is 1.44. The van der Waals surface area contributed by atoms with E-state index in [4.69, 9.17) is 11.6 Å².